The molecule has 2 aliphatic heterocycles. The third kappa shape index (κ3) is 10.9. The molecule has 2 amide bonds. The van der Waals surface area contributed by atoms with E-state index in [1.807, 2.05) is 0 Å². The van der Waals surface area contributed by atoms with Crippen LogP contribution in [0.25, 0.3) is 0 Å². The number of terminal acetylenes is 1. The van der Waals surface area contributed by atoms with Gasteiger partial charge in [-0.25, -0.2) is 0 Å². The minimum absolute atomic E-state index is 0. The number of hydrogen-bond donors (Lipinski definition) is 3. The summed E-state index contributed by atoms with van der Waals surface area (Å²) in [6, 6.07) is -1.51. The Morgan fingerprint density at radius 2 is 1.84 bits per heavy atom. The Balaban J connectivity index is 0.000000527. The van der Waals surface area contributed by atoms with Crippen molar-refractivity contribution in [2.24, 2.45) is 28.6 Å². The second kappa shape index (κ2) is 14.3. The number of piperidine rings is 1. The van der Waals surface area contributed by atoms with Gasteiger partial charge in [0.2, 0.25) is 5.91 Å². The zero-order chi connectivity index (χ0) is 28.1. The number of fused-ring (bicyclic) bond motifs is 1. The minimum atomic E-state index is -4.95. The van der Waals surface area contributed by atoms with E-state index in [2.05, 4.69) is 37.0 Å². The van der Waals surface area contributed by atoms with Gasteiger partial charge in [0.25, 0.3) is 0 Å². The van der Waals surface area contributed by atoms with Crippen LogP contribution in [0, 0.1) is 72.0 Å². The van der Waals surface area contributed by atoms with Crippen molar-refractivity contribution in [3.8, 4) is 12.3 Å². The molecule has 0 aromatic heterocycles. The Hall–Kier alpha value is -1.11. The zero-order valence-electron chi connectivity index (χ0n) is 22.8. The zero-order valence-corrected chi connectivity index (χ0v) is 26.9. The van der Waals surface area contributed by atoms with Crippen LogP contribution in [-0.4, -0.2) is 85.3 Å². The molecule has 0 radical (unpaired) electrons. The molecular formula is C25H41F3N4O4U. The predicted molar refractivity (Wildman–Crippen MR) is 130 cm³/mol. The van der Waals surface area contributed by atoms with Crippen molar-refractivity contribution in [3.63, 3.8) is 0 Å². The van der Waals surface area contributed by atoms with Crippen LogP contribution in [0.15, 0.2) is 0 Å². The van der Waals surface area contributed by atoms with Gasteiger partial charge in [0, 0.05) is 63.7 Å². The van der Waals surface area contributed by atoms with E-state index in [0.29, 0.717) is 18.1 Å². The summed E-state index contributed by atoms with van der Waals surface area (Å²) in [6.45, 7) is 12.9. The van der Waals surface area contributed by atoms with Crippen LogP contribution in [0.2, 0.25) is 0 Å². The number of rotatable bonds is 5. The molecule has 210 valence electrons. The fourth-order valence-electron chi connectivity index (χ4n) is 4.47. The molecule has 1 aliphatic carbocycles. The van der Waals surface area contributed by atoms with Gasteiger partial charge >= 0.3 is 12.1 Å². The van der Waals surface area contributed by atoms with Crippen molar-refractivity contribution in [1.82, 2.24) is 20.6 Å². The van der Waals surface area contributed by atoms with E-state index in [0.717, 1.165) is 29.9 Å². The molecule has 3 aliphatic rings. The maximum absolute atomic E-state index is 11.8. The average Bonchev–Trinajstić information content (AvgIpc) is 3.12. The van der Waals surface area contributed by atoms with Gasteiger partial charge < -0.3 is 25.5 Å². The number of carbonyl (C=O) groups excluding carboxylic acids is 3. The van der Waals surface area contributed by atoms with Gasteiger partial charge in [-0.2, -0.15) is 18.2 Å². The molecule has 0 aromatic carbocycles. The van der Waals surface area contributed by atoms with Crippen LogP contribution in [0.3, 0.4) is 0 Å². The molecule has 12 heteroatoms. The van der Waals surface area contributed by atoms with Gasteiger partial charge in [-0.1, -0.05) is 40.5 Å². The number of likely N-dealkylation sites (tertiary alicyclic amines) is 1. The van der Waals surface area contributed by atoms with Crippen molar-refractivity contribution in [1.29, 1.82) is 0 Å². The van der Waals surface area contributed by atoms with Crippen LogP contribution in [-0.2, 0) is 14.4 Å². The van der Waals surface area contributed by atoms with Crippen LogP contribution >= 0.6 is 0 Å². The number of nitrogens with one attached hydrogen (secondary N) is 2. The van der Waals surface area contributed by atoms with E-state index in [1.165, 1.54) is 20.1 Å². The molecular weight excluding hydrogens is 715 g/mol. The number of nitrogens with zero attached hydrogens (tertiary/aromatic N) is 2. The Bertz CT molecular complexity index is 810. The summed E-state index contributed by atoms with van der Waals surface area (Å²) in [5, 5.41) is 14.4. The van der Waals surface area contributed by atoms with Gasteiger partial charge in [0.05, 0.1) is 12.1 Å². The second-order valence-electron chi connectivity index (χ2n) is 11.5. The average molecular weight is 757 g/mol. The van der Waals surface area contributed by atoms with E-state index in [1.54, 1.807) is 26.1 Å². The third-order valence-electron chi connectivity index (χ3n) is 7.23. The summed E-state index contributed by atoms with van der Waals surface area (Å²) in [5.41, 5.74) is -0.0326. The second-order valence-corrected chi connectivity index (χ2v) is 11.5. The van der Waals surface area contributed by atoms with Gasteiger partial charge in [-0.15, -0.1) is 6.42 Å². The molecule has 8 nitrogen and oxygen atoms in total. The quantitative estimate of drug-likeness (QED) is 0.227. The van der Waals surface area contributed by atoms with Crippen LogP contribution in [0.4, 0.5) is 13.2 Å². The number of halogens is 3. The third-order valence-corrected chi connectivity index (χ3v) is 7.23. The molecule has 0 aromatic rings. The molecule has 2 heterocycles. The van der Waals surface area contributed by atoms with E-state index >= 15 is 0 Å². The number of hydrogen-bond acceptors (Lipinski definition) is 6. The molecule has 1 saturated carbocycles. The minimum Gasteiger partial charge on any atom is -0.356 e. The Morgan fingerprint density at radius 1 is 1.32 bits per heavy atom. The van der Waals surface area contributed by atoms with Crippen molar-refractivity contribution in [2.45, 2.75) is 65.7 Å². The normalized spacial score (nSPS) is 25.5. The summed E-state index contributed by atoms with van der Waals surface area (Å²) in [4.78, 5) is 34.5. The monoisotopic (exact) mass is 756 g/mol. The molecule has 0 bridgehead atoms. The number of aldehydes is 1. The summed E-state index contributed by atoms with van der Waals surface area (Å²) >= 11 is 0. The fourth-order valence-corrected chi connectivity index (χ4v) is 4.47. The first-order chi connectivity index (χ1) is 16.4. The van der Waals surface area contributed by atoms with Crippen molar-refractivity contribution >= 4 is 18.1 Å². The van der Waals surface area contributed by atoms with Gasteiger partial charge in [-0.05, 0) is 42.6 Å². The Labute approximate surface area is 242 Å². The molecule has 0 spiro atoms. The Morgan fingerprint density at radius 3 is 2.14 bits per heavy atom. The molecule has 37 heavy (non-hydrogen) atoms. The molecule has 5 unspecified atom stereocenters. The number of hydroxylamine groups is 2. The number of carbonyl (C=O) groups is 3. The first-order valence-corrected chi connectivity index (χ1v) is 12.0. The van der Waals surface area contributed by atoms with Crippen LogP contribution < -0.4 is 10.6 Å². The standard InChI is InChI=1S/C9H14N2O2.C8H12F3NO2.C8H15N.U/c1-3-8(11(2)13)6-7-4-5-10-9(7)12;1-7(2,3)5(4-13)12-6(14)8(9,10)11;1-8(2)6-4-9(3)5-7(6)8;/h1,7-8,13H,4-6H2,2H3,(H,10,12);4-5H,1-3H3,(H,12,14);6-7H,4-5H2,1-3H3;. The number of amides is 2. The molecule has 2 saturated heterocycles. The van der Waals surface area contributed by atoms with Crippen LogP contribution in [0.1, 0.15) is 47.5 Å². The smallest absolute Gasteiger partial charge is 0.356 e. The first kappa shape index (κ1) is 35.9. The fraction of sp³-hybridized carbons (Fsp3) is 0.800. The van der Waals surface area contributed by atoms with Crippen molar-refractivity contribution < 1.29 is 63.9 Å². The summed E-state index contributed by atoms with van der Waals surface area (Å²) < 4.78 is 35.4. The SMILES string of the molecule is C#CC(CC1CCNC1=O)N(C)O.CC(C)(C)C(C=O)NC(=O)C(F)(F)F.CN1CC2C(C1)C2(C)C.[U]. The maximum atomic E-state index is 11.8. The van der Waals surface area contributed by atoms with Crippen LogP contribution in [0.5, 0.6) is 0 Å². The summed E-state index contributed by atoms with van der Waals surface area (Å²) in [5.74, 6) is 2.41. The Kier molecular flexibility index (Phi) is 13.9. The van der Waals surface area contributed by atoms with E-state index in [-0.39, 0.29) is 49.0 Å². The van der Waals surface area contributed by atoms with Crippen molar-refractivity contribution in [3.05, 3.63) is 0 Å². The van der Waals surface area contributed by atoms with Crippen molar-refractivity contribution in [2.75, 3.05) is 33.7 Å². The van der Waals surface area contributed by atoms with E-state index in [9.17, 15) is 27.6 Å². The largest absolute Gasteiger partial charge is 0.471 e. The topological polar surface area (TPSA) is 102 Å². The number of alkyl halides is 3. The molecule has 3 rings (SSSR count). The summed E-state index contributed by atoms with van der Waals surface area (Å²) in [6.07, 6.45) is 1.89. The molecule has 3 N–H and O–H groups in total. The molecule has 3 fully saturated rings. The maximum Gasteiger partial charge on any atom is 0.471 e. The van der Waals surface area contributed by atoms with Gasteiger partial charge in [0.15, 0.2) is 0 Å². The first-order valence-electron chi connectivity index (χ1n) is 12.0. The predicted octanol–water partition coefficient (Wildman–Crippen LogP) is 2.32. The van der Waals surface area contributed by atoms with Gasteiger partial charge in [0.1, 0.15) is 6.29 Å². The van der Waals surface area contributed by atoms with Gasteiger partial charge in [-0.3, -0.25) is 9.59 Å². The van der Waals surface area contributed by atoms with E-state index in [4.69, 9.17) is 11.6 Å². The molecule has 5 atom stereocenters. The summed E-state index contributed by atoms with van der Waals surface area (Å²) in [7, 11) is 3.72. The van der Waals surface area contributed by atoms with E-state index < -0.39 is 23.5 Å².